The molecule has 3 rings (SSSR count). The first-order chi connectivity index (χ1) is 11.2. The third-order valence-corrected chi connectivity index (χ3v) is 4.55. The van der Waals surface area contributed by atoms with Gasteiger partial charge >= 0.3 is 0 Å². The molecule has 2 aromatic rings. The molecule has 0 saturated heterocycles. The maximum absolute atomic E-state index is 5.90. The summed E-state index contributed by atoms with van der Waals surface area (Å²) >= 11 is 11.3. The molecule has 4 nitrogen and oxygen atoms in total. The number of benzene rings is 1. The lowest BCUT2D eigenvalue weighted by atomic mass is 9.96. The van der Waals surface area contributed by atoms with E-state index in [4.69, 9.17) is 23.8 Å². The quantitative estimate of drug-likeness (QED) is 0.812. The van der Waals surface area contributed by atoms with Crippen LogP contribution in [0.1, 0.15) is 37.7 Å². The van der Waals surface area contributed by atoms with E-state index >= 15 is 0 Å². The van der Waals surface area contributed by atoms with E-state index in [0.29, 0.717) is 17.7 Å². The van der Waals surface area contributed by atoms with Crippen LogP contribution in [0, 0.1) is 0 Å². The topological polar surface area (TPSA) is 41.9 Å². The Morgan fingerprint density at radius 3 is 2.65 bits per heavy atom. The molecule has 6 heteroatoms. The number of nitrogens with zero attached hydrogens (tertiary/aromatic N) is 2. The van der Waals surface area contributed by atoms with Crippen molar-refractivity contribution < 1.29 is 0 Å². The first-order valence-corrected chi connectivity index (χ1v) is 8.83. The number of anilines is 1. The molecule has 1 aliphatic rings. The van der Waals surface area contributed by atoms with E-state index < -0.39 is 0 Å². The third-order valence-electron chi connectivity index (χ3n) is 4.08. The number of rotatable bonds is 4. The number of thiocarbonyl (C=S) groups is 1. The standard InChI is InChI=1S/C17H21ClN4S/c18-14-8-6-13(7-9-14)12-22-11-10-16(21-22)20-17(23)19-15-4-2-1-3-5-15/h6-11,15H,1-5,12H2,(H2,19,20,21,23). The molecule has 0 radical (unpaired) electrons. The lowest BCUT2D eigenvalue weighted by Gasteiger charge is -2.24. The summed E-state index contributed by atoms with van der Waals surface area (Å²) in [4.78, 5) is 0. The average Bonchev–Trinajstić information content (AvgIpc) is 2.97. The van der Waals surface area contributed by atoms with Gasteiger partial charge in [0.25, 0.3) is 0 Å². The zero-order valence-electron chi connectivity index (χ0n) is 13.0. The van der Waals surface area contributed by atoms with Crippen LogP contribution < -0.4 is 10.6 Å². The SMILES string of the molecule is S=C(Nc1ccn(Cc2ccc(Cl)cc2)n1)NC1CCCCC1. The van der Waals surface area contributed by atoms with E-state index in [2.05, 4.69) is 15.7 Å². The van der Waals surface area contributed by atoms with Gasteiger partial charge in [-0.15, -0.1) is 0 Å². The Bertz CT molecular complexity index is 647. The van der Waals surface area contributed by atoms with Crippen molar-refractivity contribution in [2.24, 2.45) is 0 Å². The lowest BCUT2D eigenvalue weighted by Crippen LogP contribution is -2.38. The maximum Gasteiger partial charge on any atom is 0.172 e. The molecule has 0 unspecified atom stereocenters. The van der Waals surface area contributed by atoms with Crippen LogP contribution in [-0.2, 0) is 6.54 Å². The second-order valence-corrected chi connectivity index (χ2v) is 6.80. The molecule has 1 saturated carbocycles. The van der Waals surface area contributed by atoms with Crippen molar-refractivity contribution in [2.45, 2.75) is 44.7 Å². The summed E-state index contributed by atoms with van der Waals surface area (Å²) in [5, 5.41) is 12.5. The highest BCUT2D eigenvalue weighted by molar-refractivity contribution is 7.80. The van der Waals surface area contributed by atoms with E-state index in [0.717, 1.165) is 16.4 Å². The van der Waals surface area contributed by atoms with Crippen LogP contribution in [-0.4, -0.2) is 20.9 Å². The van der Waals surface area contributed by atoms with Crippen molar-refractivity contribution in [3.8, 4) is 0 Å². The zero-order valence-corrected chi connectivity index (χ0v) is 14.5. The van der Waals surface area contributed by atoms with Crippen molar-refractivity contribution in [2.75, 3.05) is 5.32 Å². The maximum atomic E-state index is 5.90. The molecule has 1 aromatic carbocycles. The zero-order chi connectivity index (χ0) is 16.1. The Morgan fingerprint density at radius 2 is 1.91 bits per heavy atom. The van der Waals surface area contributed by atoms with Gasteiger partial charge in [-0.25, -0.2) is 0 Å². The van der Waals surface area contributed by atoms with E-state index in [1.54, 1.807) is 0 Å². The normalized spacial score (nSPS) is 15.3. The number of hydrogen-bond acceptors (Lipinski definition) is 2. The van der Waals surface area contributed by atoms with Crippen LogP contribution in [0.15, 0.2) is 36.5 Å². The van der Waals surface area contributed by atoms with Crippen molar-refractivity contribution in [3.05, 3.63) is 47.1 Å². The molecule has 122 valence electrons. The van der Waals surface area contributed by atoms with Gasteiger partial charge in [-0.1, -0.05) is 43.0 Å². The molecule has 1 fully saturated rings. The van der Waals surface area contributed by atoms with E-state index in [1.807, 2.05) is 41.2 Å². The summed E-state index contributed by atoms with van der Waals surface area (Å²) in [6, 6.07) is 10.2. The summed E-state index contributed by atoms with van der Waals surface area (Å²) in [6.07, 6.45) is 8.26. The molecule has 0 spiro atoms. The van der Waals surface area contributed by atoms with Gasteiger partial charge in [0.1, 0.15) is 0 Å². The highest BCUT2D eigenvalue weighted by Gasteiger charge is 2.14. The number of halogens is 1. The Morgan fingerprint density at radius 1 is 1.17 bits per heavy atom. The van der Waals surface area contributed by atoms with Crippen LogP contribution >= 0.6 is 23.8 Å². The fourth-order valence-corrected chi connectivity index (χ4v) is 3.28. The van der Waals surface area contributed by atoms with Gasteiger partial charge in [-0.3, -0.25) is 4.68 Å². The van der Waals surface area contributed by atoms with Gasteiger partial charge in [-0.2, -0.15) is 5.10 Å². The second kappa shape index (κ2) is 7.79. The summed E-state index contributed by atoms with van der Waals surface area (Å²) in [7, 11) is 0. The number of nitrogens with one attached hydrogen (secondary N) is 2. The predicted molar refractivity (Wildman–Crippen MR) is 99.0 cm³/mol. The van der Waals surface area contributed by atoms with Crippen LogP contribution in [0.5, 0.6) is 0 Å². The predicted octanol–water partition coefficient (Wildman–Crippen LogP) is 4.20. The van der Waals surface area contributed by atoms with E-state index in [9.17, 15) is 0 Å². The van der Waals surface area contributed by atoms with Crippen molar-refractivity contribution in [1.29, 1.82) is 0 Å². The number of hydrogen-bond donors (Lipinski definition) is 2. The Labute approximate surface area is 147 Å². The minimum Gasteiger partial charge on any atom is -0.360 e. The summed E-state index contributed by atoms with van der Waals surface area (Å²) < 4.78 is 1.88. The lowest BCUT2D eigenvalue weighted by molar-refractivity contribution is 0.415. The molecule has 0 atom stereocenters. The third kappa shape index (κ3) is 4.94. The van der Waals surface area contributed by atoms with Crippen molar-refractivity contribution in [3.63, 3.8) is 0 Å². The van der Waals surface area contributed by atoms with Crippen LogP contribution in [0.2, 0.25) is 5.02 Å². The summed E-state index contributed by atoms with van der Waals surface area (Å²) in [6.45, 7) is 0.710. The van der Waals surface area contributed by atoms with Crippen LogP contribution in [0.3, 0.4) is 0 Å². The molecule has 0 bridgehead atoms. The van der Waals surface area contributed by atoms with Crippen LogP contribution in [0.25, 0.3) is 0 Å². The fraction of sp³-hybridized carbons (Fsp3) is 0.412. The molecule has 0 aliphatic heterocycles. The molecule has 2 N–H and O–H groups in total. The molecule has 1 heterocycles. The Kier molecular flexibility index (Phi) is 5.51. The van der Waals surface area contributed by atoms with Gasteiger partial charge in [0.2, 0.25) is 0 Å². The van der Waals surface area contributed by atoms with Crippen molar-refractivity contribution >= 4 is 34.7 Å². The highest BCUT2D eigenvalue weighted by atomic mass is 35.5. The summed E-state index contributed by atoms with van der Waals surface area (Å²) in [5.41, 5.74) is 1.16. The minimum absolute atomic E-state index is 0.500. The smallest absolute Gasteiger partial charge is 0.172 e. The molecular formula is C17H21ClN4S. The van der Waals surface area contributed by atoms with Gasteiger partial charge < -0.3 is 10.6 Å². The number of aromatic nitrogens is 2. The fourth-order valence-electron chi connectivity index (χ4n) is 2.88. The molecule has 1 aliphatic carbocycles. The largest absolute Gasteiger partial charge is 0.360 e. The average molecular weight is 349 g/mol. The Hall–Kier alpha value is -1.59. The second-order valence-electron chi connectivity index (χ2n) is 5.96. The van der Waals surface area contributed by atoms with Gasteiger partial charge in [-0.05, 0) is 42.8 Å². The first kappa shape index (κ1) is 16.3. The molecule has 1 aromatic heterocycles. The van der Waals surface area contributed by atoms with Crippen molar-refractivity contribution in [1.82, 2.24) is 15.1 Å². The molecule has 0 amide bonds. The van der Waals surface area contributed by atoms with Gasteiger partial charge in [0.15, 0.2) is 10.9 Å². The highest BCUT2D eigenvalue weighted by Crippen LogP contribution is 2.17. The summed E-state index contributed by atoms with van der Waals surface area (Å²) in [5.74, 6) is 0.771. The van der Waals surface area contributed by atoms with Gasteiger partial charge in [0.05, 0.1) is 6.54 Å². The van der Waals surface area contributed by atoms with E-state index in [-0.39, 0.29) is 0 Å². The molecular weight excluding hydrogens is 328 g/mol. The monoisotopic (exact) mass is 348 g/mol. The van der Waals surface area contributed by atoms with Crippen LogP contribution in [0.4, 0.5) is 5.82 Å². The van der Waals surface area contributed by atoms with Gasteiger partial charge in [0, 0.05) is 23.3 Å². The van der Waals surface area contributed by atoms with E-state index in [1.165, 1.54) is 32.1 Å². The minimum atomic E-state index is 0.500. The first-order valence-electron chi connectivity index (χ1n) is 8.04. The molecule has 23 heavy (non-hydrogen) atoms. The Balaban J connectivity index is 1.52.